The van der Waals surface area contributed by atoms with Gasteiger partial charge in [-0.2, -0.15) is 0 Å². The van der Waals surface area contributed by atoms with Crippen LogP contribution >= 0.6 is 0 Å². The molecule has 0 spiro atoms. The van der Waals surface area contributed by atoms with Gasteiger partial charge in [0.1, 0.15) is 13.2 Å². The van der Waals surface area contributed by atoms with Gasteiger partial charge in [-0.25, -0.2) is 0 Å². The van der Waals surface area contributed by atoms with Crippen LogP contribution < -0.4 is 0 Å². The molecule has 0 bridgehead atoms. The molecule has 0 rings (SSSR count). The van der Waals surface area contributed by atoms with Crippen LogP contribution in [0.15, 0.2) is 72.9 Å². The fraction of sp³-hybridized carbons (Fsp3) is 0.773. The standard InChI is InChI=1S/C66H116O6/c1-4-7-10-13-16-19-22-25-27-29-30-31-32-33-34-35-36-38-39-41-44-47-50-53-56-59-65(68)71-62-63(61-70-64(67)58-55-52-49-46-43-24-21-18-15-12-9-6-3)72-66(69)60-57-54-51-48-45-42-40-37-28-26-23-20-17-14-11-8-5-2/h8,11,17,20,22,25-26,28-30,32-33,63H,4-7,9-10,12-16,18-19,21,23-24,27,31,34-62H2,1-3H3/b11-8-,20-17-,25-22-,28-26-,30-29-,33-32-. The van der Waals surface area contributed by atoms with Crippen LogP contribution in [0, 0.1) is 0 Å². The predicted molar refractivity (Wildman–Crippen MR) is 311 cm³/mol. The fourth-order valence-electron chi connectivity index (χ4n) is 8.82. The first kappa shape index (κ1) is 68.8. The van der Waals surface area contributed by atoms with Gasteiger partial charge in [-0.3, -0.25) is 14.4 Å². The first-order valence-electron chi connectivity index (χ1n) is 30.9. The van der Waals surface area contributed by atoms with E-state index in [1.165, 1.54) is 173 Å². The molecule has 0 fully saturated rings. The van der Waals surface area contributed by atoms with Crippen molar-refractivity contribution in [2.45, 2.75) is 316 Å². The van der Waals surface area contributed by atoms with Crippen molar-refractivity contribution in [3.63, 3.8) is 0 Å². The highest BCUT2D eigenvalue weighted by Crippen LogP contribution is 2.16. The summed E-state index contributed by atoms with van der Waals surface area (Å²) in [5.74, 6) is -0.880. The molecule has 0 aliphatic carbocycles. The van der Waals surface area contributed by atoms with E-state index in [2.05, 4.69) is 93.7 Å². The van der Waals surface area contributed by atoms with E-state index < -0.39 is 6.10 Å². The van der Waals surface area contributed by atoms with Crippen LogP contribution in [0.4, 0.5) is 0 Å². The Kier molecular flexibility index (Phi) is 57.8. The highest BCUT2D eigenvalue weighted by Gasteiger charge is 2.19. The average molecular weight is 1010 g/mol. The van der Waals surface area contributed by atoms with Gasteiger partial charge in [0.05, 0.1) is 0 Å². The summed E-state index contributed by atoms with van der Waals surface area (Å²) in [4.78, 5) is 38.2. The third kappa shape index (κ3) is 57.7. The van der Waals surface area contributed by atoms with Gasteiger partial charge in [-0.15, -0.1) is 0 Å². The van der Waals surface area contributed by atoms with Gasteiger partial charge in [0.15, 0.2) is 6.10 Å². The van der Waals surface area contributed by atoms with E-state index in [-0.39, 0.29) is 31.1 Å². The van der Waals surface area contributed by atoms with Gasteiger partial charge < -0.3 is 14.2 Å². The molecule has 6 nitrogen and oxygen atoms in total. The molecule has 0 aliphatic heterocycles. The number of carbonyl (C=O) groups excluding carboxylic acids is 3. The zero-order chi connectivity index (χ0) is 52.2. The Balaban J connectivity index is 4.29. The molecule has 0 saturated carbocycles. The number of rotatable bonds is 56. The number of ether oxygens (including phenoxy) is 3. The Labute approximate surface area is 446 Å². The van der Waals surface area contributed by atoms with Gasteiger partial charge in [0, 0.05) is 19.3 Å². The lowest BCUT2D eigenvalue weighted by Gasteiger charge is -2.18. The Hall–Kier alpha value is -3.15. The van der Waals surface area contributed by atoms with Crippen LogP contribution in [0.5, 0.6) is 0 Å². The van der Waals surface area contributed by atoms with E-state index >= 15 is 0 Å². The van der Waals surface area contributed by atoms with Crippen LogP contribution in [0.3, 0.4) is 0 Å². The second-order valence-electron chi connectivity index (χ2n) is 20.6. The Morgan fingerprint density at radius 2 is 0.542 bits per heavy atom. The maximum atomic E-state index is 12.9. The molecule has 0 saturated heterocycles. The number of allylic oxidation sites excluding steroid dienone is 12. The molecular weight excluding hydrogens is 889 g/mol. The molecule has 0 aliphatic rings. The predicted octanol–water partition coefficient (Wildman–Crippen LogP) is 20.9. The molecule has 1 atom stereocenters. The minimum Gasteiger partial charge on any atom is -0.462 e. The van der Waals surface area contributed by atoms with Crippen LogP contribution in [0.2, 0.25) is 0 Å². The first-order chi connectivity index (χ1) is 35.5. The minimum atomic E-state index is -0.781. The van der Waals surface area contributed by atoms with E-state index in [0.29, 0.717) is 19.3 Å². The van der Waals surface area contributed by atoms with Gasteiger partial charge >= 0.3 is 17.9 Å². The SMILES string of the molecule is CC/C=C\C/C=C\C/C=C\CCCCCCCCCC(=O)OC(COC(=O)CCCCCCCCCCCC/C=C\C/C=C\C/C=C\CCCCCCC)COC(=O)CCCCCCCCCCCCCC. The van der Waals surface area contributed by atoms with Gasteiger partial charge in [-0.1, -0.05) is 273 Å². The lowest BCUT2D eigenvalue weighted by Crippen LogP contribution is -2.30. The normalized spacial score (nSPS) is 12.5. The zero-order valence-electron chi connectivity index (χ0n) is 47.7. The molecule has 0 radical (unpaired) electrons. The molecular formula is C66H116O6. The Morgan fingerprint density at radius 3 is 0.847 bits per heavy atom. The first-order valence-corrected chi connectivity index (χ1v) is 30.9. The van der Waals surface area contributed by atoms with E-state index in [1.54, 1.807) is 0 Å². The number of carbonyl (C=O) groups is 3. The van der Waals surface area contributed by atoms with Crippen molar-refractivity contribution < 1.29 is 28.6 Å². The zero-order valence-corrected chi connectivity index (χ0v) is 47.7. The third-order valence-corrected chi connectivity index (χ3v) is 13.4. The van der Waals surface area contributed by atoms with E-state index in [9.17, 15) is 14.4 Å². The molecule has 416 valence electrons. The summed E-state index contributed by atoms with van der Waals surface area (Å²) >= 11 is 0. The fourth-order valence-corrected chi connectivity index (χ4v) is 8.82. The third-order valence-electron chi connectivity index (χ3n) is 13.4. The summed E-state index contributed by atoms with van der Waals surface area (Å²) in [6.45, 7) is 6.53. The van der Waals surface area contributed by atoms with Crippen molar-refractivity contribution >= 4 is 17.9 Å². The monoisotopic (exact) mass is 1000 g/mol. The van der Waals surface area contributed by atoms with Crippen molar-refractivity contribution in [3.8, 4) is 0 Å². The summed E-state index contributed by atoms with van der Waals surface area (Å²) in [6.07, 6.45) is 77.6. The van der Waals surface area contributed by atoms with Crippen LogP contribution in [0.25, 0.3) is 0 Å². The smallest absolute Gasteiger partial charge is 0.306 e. The maximum absolute atomic E-state index is 12.9. The van der Waals surface area contributed by atoms with E-state index in [1.807, 2.05) is 0 Å². The molecule has 6 heteroatoms. The van der Waals surface area contributed by atoms with Crippen molar-refractivity contribution in [2.24, 2.45) is 0 Å². The molecule has 0 heterocycles. The lowest BCUT2D eigenvalue weighted by molar-refractivity contribution is -0.167. The average Bonchev–Trinajstić information content (AvgIpc) is 3.38. The molecule has 0 N–H and O–H groups in total. The number of esters is 3. The molecule has 72 heavy (non-hydrogen) atoms. The van der Waals surface area contributed by atoms with E-state index in [0.717, 1.165) is 96.3 Å². The number of unbranched alkanes of at least 4 members (excludes halogenated alkanes) is 33. The van der Waals surface area contributed by atoms with Crippen molar-refractivity contribution in [2.75, 3.05) is 13.2 Å². The second-order valence-corrected chi connectivity index (χ2v) is 20.6. The summed E-state index contributed by atoms with van der Waals surface area (Å²) in [7, 11) is 0. The van der Waals surface area contributed by atoms with Gasteiger partial charge in [0.2, 0.25) is 0 Å². The summed E-state index contributed by atoms with van der Waals surface area (Å²) in [5, 5.41) is 0. The summed E-state index contributed by atoms with van der Waals surface area (Å²) in [6, 6.07) is 0. The van der Waals surface area contributed by atoms with Gasteiger partial charge in [-0.05, 0) is 89.9 Å². The Morgan fingerprint density at radius 1 is 0.292 bits per heavy atom. The number of hydrogen-bond acceptors (Lipinski definition) is 6. The largest absolute Gasteiger partial charge is 0.462 e. The van der Waals surface area contributed by atoms with E-state index in [4.69, 9.17) is 14.2 Å². The van der Waals surface area contributed by atoms with Crippen LogP contribution in [0.1, 0.15) is 310 Å². The summed E-state index contributed by atoms with van der Waals surface area (Å²) < 4.78 is 16.9. The molecule has 0 aromatic rings. The quantitative estimate of drug-likeness (QED) is 0.0261. The van der Waals surface area contributed by atoms with Crippen LogP contribution in [-0.2, 0) is 28.6 Å². The van der Waals surface area contributed by atoms with Crippen LogP contribution in [-0.4, -0.2) is 37.2 Å². The maximum Gasteiger partial charge on any atom is 0.306 e. The molecule has 1 unspecified atom stereocenters. The molecule has 0 aromatic carbocycles. The van der Waals surface area contributed by atoms with Crippen molar-refractivity contribution in [1.29, 1.82) is 0 Å². The highest BCUT2D eigenvalue weighted by molar-refractivity contribution is 5.71. The molecule has 0 aromatic heterocycles. The Bertz CT molecular complexity index is 1340. The second kappa shape index (κ2) is 60.4. The topological polar surface area (TPSA) is 78.9 Å². The summed E-state index contributed by atoms with van der Waals surface area (Å²) in [5.41, 5.74) is 0. The van der Waals surface area contributed by atoms with Crippen molar-refractivity contribution in [1.82, 2.24) is 0 Å². The highest BCUT2D eigenvalue weighted by atomic mass is 16.6. The lowest BCUT2D eigenvalue weighted by atomic mass is 10.0. The number of hydrogen-bond donors (Lipinski definition) is 0. The van der Waals surface area contributed by atoms with Crippen molar-refractivity contribution in [3.05, 3.63) is 72.9 Å². The molecule has 0 amide bonds. The van der Waals surface area contributed by atoms with Gasteiger partial charge in [0.25, 0.3) is 0 Å². The minimum absolute atomic E-state index is 0.0780.